The molecule has 4 nitrogen and oxygen atoms in total. The van der Waals surface area contributed by atoms with E-state index in [4.69, 9.17) is 9.63 Å². The Morgan fingerprint density at radius 1 is 1.29 bits per heavy atom. The van der Waals surface area contributed by atoms with Crippen LogP contribution in [0, 0.1) is 0 Å². The summed E-state index contributed by atoms with van der Waals surface area (Å²) < 4.78 is 4.95. The maximum absolute atomic E-state index is 9.53. The molecule has 1 heterocycles. The van der Waals surface area contributed by atoms with Crippen molar-refractivity contribution in [3.63, 3.8) is 0 Å². The molecule has 0 spiro atoms. The van der Waals surface area contributed by atoms with Crippen LogP contribution in [0.4, 0.5) is 0 Å². The predicted molar refractivity (Wildman–Crippen MR) is 49.5 cm³/mol. The molecule has 0 aliphatic rings. The van der Waals surface area contributed by atoms with Crippen LogP contribution in [-0.2, 0) is 6.61 Å². The fourth-order valence-electron chi connectivity index (χ4n) is 1.26. The third-order valence-corrected chi connectivity index (χ3v) is 1.96. The van der Waals surface area contributed by atoms with Crippen molar-refractivity contribution in [2.45, 2.75) is 6.61 Å². The Kier molecular flexibility index (Phi) is 2.20. The molecular formula is C10H9NO3. The van der Waals surface area contributed by atoms with Crippen molar-refractivity contribution in [2.24, 2.45) is 0 Å². The third kappa shape index (κ3) is 1.36. The van der Waals surface area contributed by atoms with Crippen molar-refractivity contribution in [1.82, 2.24) is 5.16 Å². The number of hydrogen-bond acceptors (Lipinski definition) is 4. The van der Waals surface area contributed by atoms with Gasteiger partial charge in [-0.3, -0.25) is 0 Å². The van der Waals surface area contributed by atoms with E-state index in [2.05, 4.69) is 5.16 Å². The molecule has 2 aromatic rings. The number of aliphatic hydroxyl groups is 1. The van der Waals surface area contributed by atoms with Crippen LogP contribution >= 0.6 is 0 Å². The Balaban J connectivity index is 2.54. The lowest BCUT2D eigenvalue weighted by Crippen LogP contribution is -1.83. The van der Waals surface area contributed by atoms with Gasteiger partial charge in [-0.15, -0.1) is 0 Å². The van der Waals surface area contributed by atoms with Crippen LogP contribution in [-0.4, -0.2) is 15.4 Å². The smallest absolute Gasteiger partial charge is 0.176 e. The zero-order chi connectivity index (χ0) is 9.97. The summed E-state index contributed by atoms with van der Waals surface area (Å²) in [4.78, 5) is 0. The number of phenols is 1. The van der Waals surface area contributed by atoms with Crippen LogP contribution in [0.2, 0.25) is 0 Å². The van der Waals surface area contributed by atoms with Crippen LogP contribution in [0.3, 0.4) is 0 Å². The molecule has 0 amide bonds. The normalized spacial score (nSPS) is 10.4. The van der Waals surface area contributed by atoms with Gasteiger partial charge in [0.2, 0.25) is 0 Å². The average Bonchev–Trinajstić information content (AvgIpc) is 2.66. The van der Waals surface area contributed by atoms with Crippen molar-refractivity contribution in [3.05, 3.63) is 36.0 Å². The van der Waals surface area contributed by atoms with Crippen molar-refractivity contribution < 1.29 is 14.7 Å². The Bertz CT molecular complexity index is 436. The second kappa shape index (κ2) is 3.51. The van der Waals surface area contributed by atoms with E-state index < -0.39 is 0 Å². The molecule has 0 aliphatic heterocycles. The highest BCUT2D eigenvalue weighted by molar-refractivity contribution is 5.67. The quantitative estimate of drug-likeness (QED) is 0.755. The van der Waals surface area contributed by atoms with Gasteiger partial charge in [-0.05, 0) is 12.1 Å². The molecule has 0 fully saturated rings. The van der Waals surface area contributed by atoms with Gasteiger partial charge in [0.1, 0.15) is 5.75 Å². The Hall–Kier alpha value is -1.81. The SMILES string of the molecule is OCc1cnoc1-c1ccccc1O. The molecule has 0 saturated heterocycles. The minimum absolute atomic E-state index is 0.110. The van der Waals surface area contributed by atoms with E-state index in [-0.39, 0.29) is 12.4 Å². The highest BCUT2D eigenvalue weighted by atomic mass is 16.5. The average molecular weight is 191 g/mol. The monoisotopic (exact) mass is 191 g/mol. The lowest BCUT2D eigenvalue weighted by atomic mass is 10.1. The number of aromatic nitrogens is 1. The van der Waals surface area contributed by atoms with Gasteiger partial charge in [0, 0.05) is 5.56 Å². The highest BCUT2D eigenvalue weighted by Crippen LogP contribution is 2.30. The minimum atomic E-state index is -0.160. The first-order chi connectivity index (χ1) is 6.83. The molecule has 0 saturated carbocycles. The van der Waals surface area contributed by atoms with E-state index in [1.165, 1.54) is 6.20 Å². The van der Waals surface area contributed by atoms with Crippen LogP contribution < -0.4 is 0 Å². The molecule has 2 rings (SSSR count). The van der Waals surface area contributed by atoms with E-state index in [1.807, 2.05) is 0 Å². The van der Waals surface area contributed by atoms with Gasteiger partial charge in [-0.25, -0.2) is 0 Å². The Labute approximate surface area is 80.4 Å². The Morgan fingerprint density at radius 3 is 2.79 bits per heavy atom. The molecule has 2 N–H and O–H groups in total. The van der Waals surface area contributed by atoms with Gasteiger partial charge in [0.15, 0.2) is 5.76 Å². The summed E-state index contributed by atoms with van der Waals surface area (Å²) in [6, 6.07) is 6.75. The fraction of sp³-hybridized carbons (Fsp3) is 0.100. The van der Waals surface area contributed by atoms with E-state index in [9.17, 15) is 5.11 Å². The molecule has 0 aliphatic carbocycles. The van der Waals surface area contributed by atoms with Crippen molar-refractivity contribution in [2.75, 3.05) is 0 Å². The Morgan fingerprint density at radius 2 is 2.07 bits per heavy atom. The fourth-order valence-corrected chi connectivity index (χ4v) is 1.26. The largest absolute Gasteiger partial charge is 0.507 e. The van der Waals surface area contributed by atoms with Gasteiger partial charge in [-0.1, -0.05) is 17.3 Å². The van der Waals surface area contributed by atoms with Crippen molar-refractivity contribution in [3.8, 4) is 17.1 Å². The highest BCUT2D eigenvalue weighted by Gasteiger charge is 2.12. The second-order valence-electron chi connectivity index (χ2n) is 2.86. The number of nitrogens with zero attached hydrogens (tertiary/aromatic N) is 1. The zero-order valence-corrected chi connectivity index (χ0v) is 7.34. The van der Waals surface area contributed by atoms with Crippen LogP contribution in [0.5, 0.6) is 5.75 Å². The second-order valence-corrected chi connectivity index (χ2v) is 2.86. The summed E-state index contributed by atoms with van der Waals surface area (Å²) in [5.41, 5.74) is 1.10. The molecule has 0 atom stereocenters. The van der Waals surface area contributed by atoms with Gasteiger partial charge in [0.05, 0.1) is 18.4 Å². The lowest BCUT2D eigenvalue weighted by molar-refractivity contribution is 0.281. The summed E-state index contributed by atoms with van der Waals surface area (Å²) in [5, 5.41) is 22.1. The molecular weight excluding hydrogens is 182 g/mol. The van der Waals surface area contributed by atoms with E-state index in [0.717, 1.165) is 0 Å². The number of para-hydroxylation sites is 1. The molecule has 1 aromatic heterocycles. The molecule has 0 radical (unpaired) electrons. The number of benzene rings is 1. The summed E-state index contributed by atoms with van der Waals surface area (Å²) in [6.07, 6.45) is 1.43. The summed E-state index contributed by atoms with van der Waals surface area (Å²) in [5.74, 6) is 0.518. The molecule has 4 heteroatoms. The summed E-state index contributed by atoms with van der Waals surface area (Å²) >= 11 is 0. The van der Waals surface area contributed by atoms with Gasteiger partial charge < -0.3 is 14.7 Å². The van der Waals surface area contributed by atoms with Crippen molar-refractivity contribution in [1.29, 1.82) is 0 Å². The first-order valence-corrected chi connectivity index (χ1v) is 4.15. The van der Waals surface area contributed by atoms with Gasteiger partial charge in [-0.2, -0.15) is 0 Å². The van der Waals surface area contributed by atoms with Gasteiger partial charge >= 0.3 is 0 Å². The first kappa shape index (κ1) is 8.77. The molecule has 0 unspecified atom stereocenters. The van der Waals surface area contributed by atoms with Crippen LogP contribution in [0.1, 0.15) is 5.56 Å². The van der Waals surface area contributed by atoms with E-state index >= 15 is 0 Å². The van der Waals surface area contributed by atoms with Crippen LogP contribution in [0.15, 0.2) is 35.0 Å². The summed E-state index contributed by atoms with van der Waals surface area (Å²) in [7, 11) is 0. The summed E-state index contributed by atoms with van der Waals surface area (Å²) in [6.45, 7) is -0.160. The number of aromatic hydroxyl groups is 1. The first-order valence-electron chi connectivity index (χ1n) is 4.15. The number of aliphatic hydroxyl groups excluding tert-OH is 1. The van der Waals surface area contributed by atoms with Gasteiger partial charge in [0.25, 0.3) is 0 Å². The molecule has 72 valence electrons. The molecule has 1 aromatic carbocycles. The minimum Gasteiger partial charge on any atom is -0.507 e. The number of hydrogen-bond donors (Lipinski definition) is 2. The maximum Gasteiger partial charge on any atom is 0.176 e. The topological polar surface area (TPSA) is 66.5 Å². The predicted octanol–water partition coefficient (Wildman–Crippen LogP) is 1.54. The molecule has 0 bridgehead atoms. The standard InChI is InChI=1S/C10H9NO3/c12-6-7-5-11-14-10(7)8-3-1-2-4-9(8)13/h1-5,12-13H,6H2. The zero-order valence-electron chi connectivity index (χ0n) is 7.34. The van der Waals surface area contributed by atoms with E-state index in [0.29, 0.717) is 16.9 Å². The van der Waals surface area contributed by atoms with Crippen molar-refractivity contribution >= 4 is 0 Å². The lowest BCUT2D eigenvalue weighted by Gasteiger charge is -2.00. The van der Waals surface area contributed by atoms with Crippen LogP contribution in [0.25, 0.3) is 11.3 Å². The third-order valence-electron chi connectivity index (χ3n) is 1.96. The number of phenolic OH excluding ortho intramolecular Hbond substituents is 1. The number of rotatable bonds is 2. The van der Waals surface area contributed by atoms with E-state index in [1.54, 1.807) is 24.3 Å². The molecule has 14 heavy (non-hydrogen) atoms. The maximum atomic E-state index is 9.53.